The van der Waals surface area contributed by atoms with E-state index in [1.165, 1.54) is 12.8 Å². The van der Waals surface area contributed by atoms with Crippen LogP contribution in [0.25, 0.3) is 0 Å². The number of aliphatic hydroxyl groups excluding tert-OH is 1. The molecule has 90 valence electrons. The molecule has 0 unspecified atom stereocenters. The maximum atomic E-state index is 11.7. The normalized spacial score (nSPS) is 18.5. The van der Waals surface area contributed by atoms with Crippen LogP contribution < -0.4 is 0 Å². The van der Waals surface area contributed by atoms with Gasteiger partial charge in [0, 0.05) is 6.61 Å². The third-order valence-electron chi connectivity index (χ3n) is 3.08. The Hall–Kier alpha value is -0.0900. The van der Waals surface area contributed by atoms with Gasteiger partial charge < -0.3 is 5.11 Å². The fourth-order valence-corrected chi connectivity index (χ4v) is 4.09. The summed E-state index contributed by atoms with van der Waals surface area (Å²) in [6, 6.07) is 0. The van der Waals surface area contributed by atoms with Crippen LogP contribution in [0.5, 0.6) is 0 Å². The molecule has 0 radical (unpaired) electrons. The standard InChI is InChI=1S/C11H22O3S/c12-8-4-1-5-9-15(13,14)10-11-6-2-3-7-11/h11-12H,1-10H2. The van der Waals surface area contributed by atoms with Gasteiger partial charge in [-0.2, -0.15) is 0 Å². The first-order chi connectivity index (χ1) is 7.14. The minimum absolute atomic E-state index is 0.169. The van der Waals surface area contributed by atoms with Gasteiger partial charge in [-0.15, -0.1) is 0 Å². The summed E-state index contributed by atoms with van der Waals surface area (Å²) in [7, 11) is -2.83. The highest BCUT2D eigenvalue weighted by atomic mass is 32.2. The fraction of sp³-hybridized carbons (Fsp3) is 1.00. The molecule has 0 aromatic carbocycles. The lowest BCUT2D eigenvalue weighted by molar-refractivity contribution is 0.284. The van der Waals surface area contributed by atoms with Gasteiger partial charge in [-0.1, -0.05) is 19.3 Å². The van der Waals surface area contributed by atoms with Crippen molar-refractivity contribution in [1.29, 1.82) is 0 Å². The van der Waals surface area contributed by atoms with Gasteiger partial charge in [0.15, 0.2) is 9.84 Å². The molecule has 0 bridgehead atoms. The Kier molecular flexibility index (Phi) is 5.61. The SMILES string of the molecule is O=S(=O)(CCCCCO)CC1CCCC1. The van der Waals surface area contributed by atoms with Crippen molar-refractivity contribution in [3.8, 4) is 0 Å². The minimum atomic E-state index is -2.83. The summed E-state index contributed by atoms with van der Waals surface area (Å²) >= 11 is 0. The van der Waals surface area contributed by atoms with E-state index in [2.05, 4.69) is 0 Å². The molecule has 0 atom stereocenters. The predicted molar refractivity (Wildman–Crippen MR) is 61.5 cm³/mol. The number of rotatable bonds is 7. The molecule has 0 heterocycles. The molecule has 0 spiro atoms. The van der Waals surface area contributed by atoms with Gasteiger partial charge in [0.25, 0.3) is 0 Å². The molecular weight excluding hydrogens is 212 g/mol. The third-order valence-corrected chi connectivity index (χ3v) is 4.97. The van der Waals surface area contributed by atoms with Crippen LogP contribution in [0.2, 0.25) is 0 Å². The van der Waals surface area contributed by atoms with Crippen LogP contribution in [-0.4, -0.2) is 31.6 Å². The van der Waals surface area contributed by atoms with Gasteiger partial charge in [0.2, 0.25) is 0 Å². The maximum absolute atomic E-state index is 11.7. The largest absolute Gasteiger partial charge is 0.396 e. The average molecular weight is 234 g/mol. The van der Waals surface area contributed by atoms with Crippen molar-refractivity contribution in [3.63, 3.8) is 0 Å². The second-order valence-electron chi connectivity index (χ2n) is 4.55. The van der Waals surface area contributed by atoms with E-state index in [0.29, 0.717) is 23.8 Å². The number of sulfone groups is 1. The molecular formula is C11H22O3S. The highest BCUT2D eigenvalue weighted by Crippen LogP contribution is 2.26. The summed E-state index contributed by atoms with van der Waals surface area (Å²) in [6.07, 6.45) is 6.83. The van der Waals surface area contributed by atoms with Gasteiger partial charge >= 0.3 is 0 Å². The van der Waals surface area contributed by atoms with Gasteiger partial charge in [0.1, 0.15) is 0 Å². The molecule has 15 heavy (non-hydrogen) atoms. The van der Waals surface area contributed by atoms with Crippen LogP contribution in [-0.2, 0) is 9.84 Å². The topological polar surface area (TPSA) is 54.4 Å². The van der Waals surface area contributed by atoms with Crippen LogP contribution in [0.3, 0.4) is 0 Å². The molecule has 0 aliphatic heterocycles. The molecule has 4 heteroatoms. The van der Waals surface area contributed by atoms with Crippen LogP contribution in [0.15, 0.2) is 0 Å². The summed E-state index contributed by atoms with van der Waals surface area (Å²) in [5, 5.41) is 8.58. The lowest BCUT2D eigenvalue weighted by Gasteiger charge is -2.09. The van der Waals surface area contributed by atoms with Crippen LogP contribution in [0, 0.1) is 5.92 Å². The Morgan fingerprint density at radius 1 is 1.07 bits per heavy atom. The monoisotopic (exact) mass is 234 g/mol. The van der Waals surface area contributed by atoms with Crippen LogP contribution in [0.4, 0.5) is 0 Å². The highest BCUT2D eigenvalue weighted by molar-refractivity contribution is 7.91. The van der Waals surface area contributed by atoms with Crippen molar-refractivity contribution >= 4 is 9.84 Å². The zero-order chi connectivity index (χ0) is 11.1. The quantitative estimate of drug-likeness (QED) is 0.683. The zero-order valence-corrected chi connectivity index (χ0v) is 10.1. The lowest BCUT2D eigenvalue weighted by Crippen LogP contribution is -2.17. The number of hydrogen-bond acceptors (Lipinski definition) is 3. The minimum Gasteiger partial charge on any atom is -0.396 e. The van der Waals surface area contributed by atoms with Crippen molar-refractivity contribution in [1.82, 2.24) is 0 Å². The van der Waals surface area contributed by atoms with Crippen LogP contribution in [0.1, 0.15) is 44.9 Å². The molecule has 1 aliphatic carbocycles. The molecule has 3 nitrogen and oxygen atoms in total. The molecule has 1 saturated carbocycles. The first-order valence-electron chi connectivity index (χ1n) is 5.95. The van der Waals surface area contributed by atoms with E-state index in [4.69, 9.17) is 5.11 Å². The molecule has 0 aromatic heterocycles. The van der Waals surface area contributed by atoms with Gasteiger partial charge in [-0.25, -0.2) is 8.42 Å². The second kappa shape index (κ2) is 6.48. The molecule has 0 amide bonds. The number of aliphatic hydroxyl groups is 1. The lowest BCUT2D eigenvalue weighted by atomic mass is 10.1. The Morgan fingerprint density at radius 3 is 2.33 bits per heavy atom. The van der Waals surface area contributed by atoms with Gasteiger partial charge in [-0.3, -0.25) is 0 Å². The maximum Gasteiger partial charge on any atom is 0.150 e. The Balaban J connectivity index is 2.19. The molecule has 1 fully saturated rings. The second-order valence-corrected chi connectivity index (χ2v) is 6.78. The Labute approximate surface area is 92.8 Å². The highest BCUT2D eigenvalue weighted by Gasteiger charge is 2.21. The summed E-state index contributed by atoms with van der Waals surface area (Å²) in [6.45, 7) is 0.169. The van der Waals surface area contributed by atoms with Crippen molar-refractivity contribution in [3.05, 3.63) is 0 Å². The van der Waals surface area contributed by atoms with Crippen molar-refractivity contribution < 1.29 is 13.5 Å². The van der Waals surface area contributed by atoms with E-state index in [0.717, 1.165) is 25.7 Å². The van der Waals surface area contributed by atoms with Crippen molar-refractivity contribution in [2.75, 3.05) is 18.1 Å². The fourth-order valence-electron chi connectivity index (χ4n) is 2.23. The summed E-state index contributed by atoms with van der Waals surface area (Å²) in [4.78, 5) is 0. The summed E-state index contributed by atoms with van der Waals surface area (Å²) < 4.78 is 23.4. The molecule has 1 aliphatic rings. The zero-order valence-electron chi connectivity index (χ0n) is 9.32. The molecule has 1 N–H and O–H groups in total. The molecule has 1 rings (SSSR count). The first kappa shape index (κ1) is 13.0. The predicted octanol–water partition coefficient (Wildman–Crippen LogP) is 1.75. The molecule has 0 aromatic rings. The Morgan fingerprint density at radius 2 is 1.73 bits per heavy atom. The van der Waals surface area contributed by atoms with E-state index >= 15 is 0 Å². The number of hydrogen-bond donors (Lipinski definition) is 1. The van der Waals surface area contributed by atoms with E-state index in [1.807, 2.05) is 0 Å². The average Bonchev–Trinajstić information content (AvgIpc) is 2.64. The van der Waals surface area contributed by atoms with E-state index in [-0.39, 0.29) is 6.61 Å². The summed E-state index contributed by atoms with van der Waals surface area (Å²) in [5.41, 5.74) is 0. The van der Waals surface area contributed by atoms with E-state index in [1.54, 1.807) is 0 Å². The van der Waals surface area contributed by atoms with Gasteiger partial charge in [-0.05, 0) is 31.6 Å². The first-order valence-corrected chi connectivity index (χ1v) is 7.77. The van der Waals surface area contributed by atoms with Crippen molar-refractivity contribution in [2.45, 2.75) is 44.9 Å². The third kappa shape index (κ3) is 5.52. The Bertz CT molecular complexity index is 253. The van der Waals surface area contributed by atoms with Crippen molar-refractivity contribution in [2.24, 2.45) is 5.92 Å². The molecule has 0 saturated heterocycles. The smallest absolute Gasteiger partial charge is 0.150 e. The van der Waals surface area contributed by atoms with Gasteiger partial charge in [0.05, 0.1) is 11.5 Å². The summed E-state index contributed by atoms with van der Waals surface area (Å²) in [5.74, 6) is 1.13. The van der Waals surface area contributed by atoms with Crippen LogP contribution >= 0.6 is 0 Å². The van der Waals surface area contributed by atoms with E-state index in [9.17, 15) is 8.42 Å². The number of unbranched alkanes of at least 4 members (excludes halogenated alkanes) is 2. The van der Waals surface area contributed by atoms with E-state index < -0.39 is 9.84 Å².